The molecule has 0 amide bonds. The summed E-state index contributed by atoms with van der Waals surface area (Å²) in [6.45, 7) is 14.4. The summed E-state index contributed by atoms with van der Waals surface area (Å²) in [6, 6.07) is 0.429. The second-order valence-corrected chi connectivity index (χ2v) is 6.56. The number of rotatable bonds is 5. The molecule has 1 rings (SSSR count). The molecule has 0 fully saturated rings. The molecule has 0 atom stereocenters. The Morgan fingerprint density at radius 1 is 1.12 bits per heavy atom. The monoisotopic (exact) mass is 239 g/mol. The zero-order valence-corrected chi connectivity index (χ0v) is 12.3. The predicted octanol–water partition coefficient (Wildman–Crippen LogP) is 2.86. The van der Waals surface area contributed by atoms with E-state index < -0.39 is 0 Å². The summed E-state index contributed by atoms with van der Waals surface area (Å²) in [5, 5.41) is 0. The fourth-order valence-corrected chi connectivity index (χ4v) is 3.36. The van der Waals surface area contributed by atoms with Gasteiger partial charge in [0.15, 0.2) is 5.96 Å². The molecular weight excluding hydrogens is 210 g/mol. The molecular formula is C14H29N3. The van der Waals surface area contributed by atoms with Gasteiger partial charge in [0, 0.05) is 6.04 Å². The minimum atomic E-state index is 0.153. The van der Waals surface area contributed by atoms with Gasteiger partial charge in [-0.3, -0.25) is 4.99 Å². The van der Waals surface area contributed by atoms with Crippen LogP contribution in [-0.4, -0.2) is 29.0 Å². The summed E-state index contributed by atoms with van der Waals surface area (Å²) < 4.78 is 0. The first-order valence-corrected chi connectivity index (χ1v) is 6.88. The van der Waals surface area contributed by atoms with E-state index in [9.17, 15) is 0 Å². The van der Waals surface area contributed by atoms with Crippen LogP contribution in [0.2, 0.25) is 0 Å². The highest BCUT2D eigenvalue weighted by molar-refractivity contribution is 5.81. The maximum absolute atomic E-state index is 6.08. The molecule has 0 saturated heterocycles. The second kappa shape index (κ2) is 5.28. The van der Waals surface area contributed by atoms with Crippen molar-refractivity contribution in [2.75, 3.05) is 6.54 Å². The Hall–Kier alpha value is -0.730. The number of nitrogens with zero attached hydrogens (tertiary/aromatic N) is 2. The van der Waals surface area contributed by atoms with Gasteiger partial charge in [-0.15, -0.1) is 0 Å². The van der Waals surface area contributed by atoms with Crippen molar-refractivity contribution in [2.24, 2.45) is 22.6 Å². The number of nitrogens with two attached hydrogens (primary N) is 1. The van der Waals surface area contributed by atoms with Crippen molar-refractivity contribution in [1.82, 2.24) is 4.90 Å². The highest BCUT2D eigenvalue weighted by atomic mass is 15.4. The van der Waals surface area contributed by atoms with Crippen molar-refractivity contribution < 1.29 is 0 Å². The molecule has 1 aliphatic heterocycles. The molecule has 2 N–H and O–H groups in total. The van der Waals surface area contributed by atoms with Crippen LogP contribution >= 0.6 is 0 Å². The first-order chi connectivity index (χ1) is 7.78. The molecule has 3 nitrogen and oxygen atoms in total. The lowest BCUT2D eigenvalue weighted by atomic mass is 9.80. The number of hydrogen-bond donors (Lipinski definition) is 1. The Labute approximate surface area is 106 Å². The van der Waals surface area contributed by atoms with Gasteiger partial charge in [0.05, 0.1) is 12.1 Å². The Morgan fingerprint density at radius 3 is 1.94 bits per heavy atom. The molecule has 0 unspecified atom stereocenters. The van der Waals surface area contributed by atoms with Crippen LogP contribution in [0.1, 0.15) is 54.4 Å². The summed E-state index contributed by atoms with van der Waals surface area (Å²) >= 11 is 0. The highest BCUT2D eigenvalue weighted by Crippen LogP contribution is 2.36. The SMILES string of the molecule is CC(C)CC1(CC(C)C)CN=C(N)N1C(C)C. The molecule has 1 heterocycles. The van der Waals surface area contributed by atoms with Crippen molar-refractivity contribution in [3.8, 4) is 0 Å². The van der Waals surface area contributed by atoms with Gasteiger partial charge < -0.3 is 10.6 Å². The van der Waals surface area contributed by atoms with Gasteiger partial charge in [-0.1, -0.05) is 27.7 Å². The largest absolute Gasteiger partial charge is 0.370 e. The van der Waals surface area contributed by atoms with Crippen molar-refractivity contribution in [2.45, 2.75) is 66.0 Å². The van der Waals surface area contributed by atoms with E-state index in [1.807, 2.05) is 0 Å². The van der Waals surface area contributed by atoms with E-state index in [0.717, 1.165) is 12.5 Å². The van der Waals surface area contributed by atoms with Gasteiger partial charge in [0.25, 0.3) is 0 Å². The van der Waals surface area contributed by atoms with Crippen LogP contribution in [0.3, 0.4) is 0 Å². The molecule has 17 heavy (non-hydrogen) atoms. The van der Waals surface area contributed by atoms with Gasteiger partial charge in [0.2, 0.25) is 0 Å². The first-order valence-electron chi connectivity index (χ1n) is 6.88. The van der Waals surface area contributed by atoms with Crippen LogP contribution in [0.4, 0.5) is 0 Å². The standard InChI is InChI=1S/C14H29N3/c1-10(2)7-14(8-11(3)4)9-16-13(15)17(14)12(5)6/h10-12H,7-9H2,1-6H3,(H2,15,16). The average molecular weight is 239 g/mol. The molecule has 0 bridgehead atoms. The summed E-state index contributed by atoms with van der Waals surface area (Å²) in [6.07, 6.45) is 2.35. The van der Waals surface area contributed by atoms with Gasteiger partial charge in [-0.05, 0) is 38.5 Å². The molecule has 0 radical (unpaired) electrons. The Kier molecular flexibility index (Phi) is 4.45. The number of guanidine groups is 1. The zero-order valence-electron chi connectivity index (χ0n) is 12.3. The minimum absolute atomic E-state index is 0.153. The lowest BCUT2D eigenvalue weighted by Gasteiger charge is -2.44. The molecule has 100 valence electrons. The molecule has 0 saturated carbocycles. The van der Waals surface area contributed by atoms with Crippen LogP contribution in [0.25, 0.3) is 0 Å². The van der Waals surface area contributed by atoms with Gasteiger partial charge in [-0.25, -0.2) is 0 Å². The van der Waals surface area contributed by atoms with E-state index in [0.29, 0.717) is 17.9 Å². The smallest absolute Gasteiger partial charge is 0.192 e. The van der Waals surface area contributed by atoms with E-state index in [1.54, 1.807) is 0 Å². The maximum atomic E-state index is 6.08. The fraction of sp³-hybridized carbons (Fsp3) is 0.929. The molecule has 0 spiro atoms. The Bertz CT molecular complexity index is 269. The van der Waals surface area contributed by atoms with Crippen LogP contribution in [0, 0.1) is 11.8 Å². The molecule has 0 aromatic heterocycles. The number of hydrogen-bond acceptors (Lipinski definition) is 3. The van der Waals surface area contributed by atoms with Crippen LogP contribution in [0.5, 0.6) is 0 Å². The maximum Gasteiger partial charge on any atom is 0.192 e. The van der Waals surface area contributed by atoms with E-state index in [1.165, 1.54) is 12.8 Å². The molecule has 0 aromatic rings. The van der Waals surface area contributed by atoms with Crippen molar-refractivity contribution in [3.63, 3.8) is 0 Å². The average Bonchev–Trinajstić information content (AvgIpc) is 2.40. The third kappa shape index (κ3) is 3.14. The normalized spacial score (nSPS) is 19.6. The van der Waals surface area contributed by atoms with Crippen molar-refractivity contribution in [1.29, 1.82) is 0 Å². The topological polar surface area (TPSA) is 41.6 Å². The molecule has 0 aliphatic carbocycles. The van der Waals surface area contributed by atoms with E-state index in [-0.39, 0.29) is 5.54 Å². The predicted molar refractivity (Wildman–Crippen MR) is 75.1 cm³/mol. The van der Waals surface area contributed by atoms with Gasteiger partial charge in [-0.2, -0.15) is 0 Å². The van der Waals surface area contributed by atoms with Crippen LogP contribution in [0.15, 0.2) is 4.99 Å². The first kappa shape index (κ1) is 14.3. The van der Waals surface area contributed by atoms with Crippen molar-refractivity contribution in [3.05, 3.63) is 0 Å². The fourth-order valence-electron chi connectivity index (χ4n) is 3.36. The molecule has 0 aromatic carbocycles. The summed E-state index contributed by atoms with van der Waals surface area (Å²) in [5.41, 5.74) is 6.24. The third-order valence-electron chi connectivity index (χ3n) is 3.39. The lowest BCUT2D eigenvalue weighted by molar-refractivity contribution is 0.111. The van der Waals surface area contributed by atoms with Crippen LogP contribution in [-0.2, 0) is 0 Å². The Balaban J connectivity index is 2.97. The van der Waals surface area contributed by atoms with E-state index >= 15 is 0 Å². The highest BCUT2D eigenvalue weighted by Gasteiger charge is 2.43. The van der Waals surface area contributed by atoms with Crippen molar-refractivity contribution >= 4 is 5.96 Å². The zero-order chi connectivity index (χ0) is 13.2. The van der Waals surface area contributed by atoms with Gasteiger partial charge >= 0.3 is 0 Å². The minimum Gasteiger partial charge on any atom is -0.370 e. The molecule has 1 aliphatic rings. The van der Waals surface area contributed by atoms with E-state index in [2.05, 4.69) is 51.4 Å². The third-order valence-corrected chi connectivity index (χ3v) is 3.39. The lowest BCUT2D eigenvalue weighted by Crippen LogP contribution is -2.56. The molecule has 3 heteroatoms. The Morgan fingerprint density at radius 2 is 1.59 bits per heavy atom. The summed E-state index contributed by atoms with van der Waals surface area (Å²) in [5.74, 6) is 2.09. The van der Waals surface area contributed by atoms with E-state index in [4.69, 9.17) is 5.73 Å². The summed E-state index contributed by atoms with van der Waals surface area (Å²) in [4.78, 5) is 6.87. The summed E-state index contributed by atoms with van der Waals surface area (Å²) in [7, 11) is 0. The quantitative estimate of drug-likeness (QED) is 0.801. The number of aliphatic imine (C=N–C) groups is 1. The second-order valence-electron chi connectivity index (χ2n) is 6.56. The van der Waals surface area contributed by atoms with Gasteiger partial charge in [0.1, 0.15) is 0 Å². The van der Waals surface area contributed by atoms with Crippen LogP contribution < -0.4 is 5.73 Å².